The standard InChI is InChI=1S/C13H18N4O/c1-4-11-16-12(14-3)8-13(17-11)15-9(2)10-6-5-7-18-10/h5-9H,4H2,1-3H3,(H2,14,15,16,17). The molecule has 0 aliphatic heterocycles. The summed E-state index contributed by atoms with van der Waals surface area (Å²) in [6, 6.07) is 5.78. The van der Waals surface area contributed by atoms with Crippen LogP contribution in [0.1, 0.15) is 31.5 Å². The fourth-order valence-corrected chi connectivity index (χ4v) is 1.69. The summed E-state index contributed by atoms with van der Waals surface area (Å²) in [5.74, 6) is 3.32. The van der Waals surface area contributed by atoms with Crippen LogP contribution in [0.3, 0.4) is 0 Å². The quantitative estimate of drug-likeness (QED) is 0.849. The van der Waals surface area contributed by atoms with Crippen molar-refractivity contribution in [2.45, 2.75) is 26.3 Å². The van der Waals surface area contributed by atoms with Gasteiger partial charge in [0.05, 0.1) is 12.3 Å². The van der Waals surface area contributed by atoms with E-state index in [1.807, 2.05) is 39.1 Å². The van der Waals surface area contributed by atoms with Gasteiger partial charge in [-0.3, -0.25) is 0 Å². The minimum atomic E-state index is 0.0734. The van der Waals surface area contributed by atoms with Gasteiger partial charge in [0.25, 0.3) is 0 Å². The molecular weight excluding hydrogens is 228 g/mol. The van der Waals surface area contributed by atoms with Gasteiger partial charge in [-0.2, -0.15) is 0 Å². The third-order valence-corrected chi connectivity index (χ3v) is 2.68. The van der Waals surface area contributed by atoms with Crippen LogP contribution < -0.4 is 10.6 Å². The Morgan fingerprint density at radius 1 is 1.33 bits per heavy atom. The van der Waals surface area contributed by atoms with Gasteiger partial charge in [-0.05, 0) is 19.1 Å². The van der Waals surface area contributed by atoms with E-state index in [1.165, 1.54) is 0 Å². The molecule has 0 radical (unpaired) electrons. The van der Waals surface area contributed by atoms with E-state index < -0.39 is 0 Å². The summed E-state index contributed by atoms with van der Waals surface area (Å²) in [6.07, 6.45) is 2.48. The average Bonchev–Trinajstić information content (AvgIpc) is 2.92. The van der Waals surface area contributed by atoms with Gasteiger partial charge in [0, 0.05) is 19.5 Å². The molecule has 2 N–H and O–H groups in total. The topological polar surface area (TPSA) is 63.0 Å². The predicted octanol–water partition coefficient (Wildman–Crippen LogP) is 2.85. The lowest BCUT2D eigenvalue weighted by Crippen LogP contribution is -2.09. The van der Waals surface area contributed by atoms with Gasteiger partial charge in [-0.15, -0.1) is 0 Å². The molecule has 1 atom stereocenters. The van der Waals surface area contributed by atoms with E-state index in [-0.39, 0.29) is 6.04 Å². The first-order chi connectivity index (χ1) is 8.72. The Morgan fingerprint density at radius 3 is 2.72 bits per heavy atom. The lowest BCUT2D eigenvalue weighted by atomic mass is 10.2. The smallest absolute Gasteiger partial charge is 0.132 e. The van der Waals surface area contributed by atoms with Crippen molar-refractivity contribution in [1.29, 1.82) is 0 Å². The molecule has 0 spiro atoms. The summed E-state index contributed by atoms with van der Waals surface area (Å²) in [5, 5.41) is 6.34. The zero-order chi connectivity index (χ0) is 13.0. The van der Waals surface area contributed by atoms with Crippen LogP contribution >= 0.6 is 0 Å². The maximum atomic E-state index is 5.36. The molecule has 0 saturated heterocycles. The molecule has 2 heterocycles. The minimum Gasteiger partial charge on any atom is -0.467 e. The van der Waals surface area contributed by atoms with Crippen LogP contribution in [0.15, 0.2) is 28.9 Å². The highest BCUT2D eigenvalue weighted by Crippen LogP contribution is 2.19. The van der Waals surface area contributed by atoms with Crippen molar-refractivity contribution in [3.05, 3.63) is 36.0 Å². The molecule has 0 aliphatic carbocycles. The van der Waals surface area contributed by atoms with Crippen molar-refractivity contribution in [3.8, 4) is 0 Å². The van der Waals surface area contributed by atoms with Gasteiger partial charge in [0.1, 0.15) is 23.2 Å². The fraction of sp³-hybridized carbons (Fsp3) is 0.385. The fourth-order valence-electron chi connectivity index (χ4n) is 1.69. The van der Waals surface area contributed by atoms with Crippen molar-refractivity contribution in [2.24, 2.45) is 0 Å². The second kappa shape index (κ2) is 5.53. The second-order valence-corrected chi connectivity index (χ2v) is 4.04. The van der Waals surface area contributed by atoms with Crippen molar-refractivity contribution in [3.63, 3.8) is 0 Å². The van der Waals surface area contributed by atoms with Crippen LogP contribution in [0.25, 0.3) is 0 Å². The number of nitrogens with one attached hydrogen (secondary N) is 2. The van der Waals surface area contributed by atoms with E-state index in [0.29, 0.717) is 0 Å². The molecule has 5 nitrogen and oxygen atoms in total. The highest BCUT2D eigenvalue weighted by Gasteiger charge is 2.10. The molecule has 1 unspecified atom stereocenters. The number of anilines is 2. The number of hydrogen-bond acceptors (Lipinski definition) is 5. The summed E-state index contributed by atoms with van der Waals surface area (Å²) >= 11 is 0. The molecule has 0 fully saturated rings. The zero-order valence-electron chi connectivity index (χ0n) is 10.9. The molecule has 0 saturated carbocycles. The molecular formula is C13H18N4O. The van der Waals surface area contributed by atoms with Gasteiger partial charge < -0.3 is 15.1 Å². The summed E-state index contributed by atoms with van der Waals surface area (Å²) in [7, 11) is 1.85. The molecule has 0 aromatic carbocycles. The molecule has 5 heteroatoms. The Morgan fingerprint density at radius 2 is 2.11 bits per heavy atom. The van der Waals surface area contributed by atoms with Crippen LogP contribution in [-0.2, 0) is 6.42 Å². The van der Waals surface area contributed by atoms with Crippen molar-refractivity contribution >= 4 is 11.6 Å². The molecule has 2 rings (SSSR count). The Hall–Kier alpha value is -2.04. The highest BCUT2D eigenvalue weighted by molar-refractivity contribution is 5.48. The molecule has 2 aromatic heterocycles. The third-order valence-electron chi connectivity index (χ3n) is 2.68. The van der Waals surface area contributed by atoms with E-state index >= 15 is 0 Å². The molecule has 18 heavy (non-hydrogen) atoms. The van der Waals surface area contributed by atoms with Gasteiger partial charge in [0.15, 0.2) is 0 Å². The van der Waals surface area contributed by atoms with Crippen molar-refractivity contribution in [2.75, 3.05) is 17.7 Å². The van der Waals surface area contributed by atoms with Crippen molar-refractivity contribution < 1.29 is 4.42 Å². The van der Waals surface area contributed by atoms with Crippen LogP contribution in [-0.4, -0.2) is 17.0 Å². The van der Waals surface area contributed by atoms with Gasteiger partial charge in [-0.25, -0.2) is 9.97 Å². The maximum absolute atomic E-state index is 5.36. The van der Waals surface area contributed by atoms with Crippen LogP contribution in [0.2, 0.25) is 0 Å². The van der Waals surface area contributed by atoms with Gasteiger partial charge in [-0.1, -0.05) is 6.92 Å². The Kier molecular flexibility index (Phi) is 3.82. The molecule has 0 amide bonds. The van der Waals surface area contributed by atoms with Crippen LogP contribution in [0.5, 0.6) is 0 Å². The van der Waals surface area contributed by atoms with E-state index in [2.05, 4.69) is 20.6 Å². The predicted molar refractivity (Wildman–Crippen MR) is 71.7 cm³/mol. The maximum Gasteiger partial charge on any atom is 0.132 e. The molecule has 0 bridgehead atoms. The summed E-state index contributed by atoms with van der Waals surface area (Å²) in [5.41, 5.74) is 0. The zero-order valence-corrected chi connectivity index (χ0v) is 10.9. The van der Waals surface area contributed by atoms with Crippen molar-refractivity contribution in [1.82, 2.24) is 9.97 Å². The normalized spacial score (nSPS) is 12.2. The molecule has 96 valence electrons. The van der Waals surface area contributed by atoms with Crippen LogP contribution in [0, 0.1) is 0 Å². The van der Waals surface area contributed by atoms with E-state index in [0.717, 1.165) is 29.6 Å². The van der Waals surface area contributed by atoms with E-state index in [1.54, 1.807) is 6.26 Å². The Labute approximate surface area is 107 Å². The number of aromatic nitrogens is 2. The number of rotatable bonds is 5. The number of furan rings is 1. The van der Waals surface area contributed by atoms with Gasteiger partial charge >= 0.3 is 0 Å². The number of aryl methyl sites for hydroxylation is 1. The summed E-state index contributed by atoms with van der Waals surface area (Å²) < 4.78 is 5.36. The lowest BCUT2D eigenvalue weighted by Gasteiger charge is -2.13. The van der Waals surface area contributed by atoms with Gasteiger partial charge in [0.2, 0.25) is 0 Å². The minimum absolute atomic E-state index is 0.0734. The molecule has 0 aliphatic rings. The monoisotopic (exact) mass is 246 g/mol. The average molecular weight is 246 g/mol. The SMILES string of the molecule is CCc1nc(NC)cc(NC(C)c2ccco2)n1. The Balaban J connectivity index is 2.17. The largest absolute Gasteiger partial charge is 0.467 e. The summed E-state index contributed by atoms with van der Waals surface area (Å²) in [4.78, 5) is 8.80. The molecule has 2 aromatic rings. The van der Waals surface area contributed by atoms with Crippen LogP contribution in [0.4, 0.5) is 11.6 Å². The first kappa shape index (κ1) is 12.4. The number of nitrogens with zero attached hydrogens (tertiary/aromatic N) is 2. The third kappa shape index (κ3) is 2.80. The van der Waals surface area contributed by atoms with E-state index in [9.17, 15) is 0 Å². The Bertz CT molecular complexity index is 473. The number of hydrogen-bond donors (Lipinski definition) is 2. The van der Waals surface area contributed by atoms with E-state index in [4.69, 9.17) is 4.42 Å². The first-order valence-corrected chi connectivity index (χ1v) is 6.08. The summed E-state index contributed by atoms with van der Waals surface area (Å²) in [6.45, 7) is 4.07. The highest BCUT2D eigenvalue weighted by atomic mass is 16.3. The second-order valence-electron chi connectivity index (χ2n) is 4.04. The first-order valence-electron chi connectivity index (χ1n) is 6.08. The lowest BCUT2D eigenvalue weighted by molar-refractivity contribution is 0.490.